The van der Waals surface area contributed by atoms with Crippen LogP contribution in [0, 0.1) is 0 Å². The van der Waals surface area contributed by atoms with Crippen LogP contribution in [0.5, 0.6) is 0 Å². The summed E-state index contributed by atoms with van der Waals surface area (Å²) in [7, 11) is 1.87. The Kier molecular flexibility index (Phi) is 5.02. The minimum absolute atomic E-state index is 0.548. The topological polar surface area (TPSA) is 24.8 Å². The molecule has 0 atom stereocenters. The second kappa shape index (κ2) is 6.07. The molecule has 5 heteroatoms. The van der Waals surface area contributed by atoms with Gasteiger partial charge in [-0.15, -0.1) is 16.7 Å². The van der Waals surface area contributed by atoms with E-state index in [1.165, 1.54) is 0 Å². The lowest BCUT2D eigenvalue weighted by Gasteiger charge is -2.23. The largest absolute Gasteiger partial charge is 0.529 e. The predicted molar refractivity (Wildman–Crippen MR) is 76.0 cm³/mol. The molecule has 17 heavy (non-hydrogen) atoms. The number of alkyl halides is 1. The lowest BCUT2D eigenvalue weighted by Crippen LogP contribution is -2.36. The molecule has 1 rings (SSSR count). The van der Waals surface area contributed by atoms with E-state index in [1.54, 1.807) is 5.01 Å². The first-order valence-electron chi connectivity index (χ1n) is 5.51. The lowest BCUT2D eigenvalue weighted by molar-refractivity contribution is 0.413. The third-order valence-electron chi connectivity index (χ3n) is 2.01. The van der Waals surface area contributed by atoms with Gasteiger partial charge < -0.3 is 4.43 Å². The Morgan fingerprint density at radius 1 is 1.29 bits per heavy atom. The molecule has 94 valence electrons. The third-order valence-corrected chi connectivity index (χ3v) is 5.33. The molecule has 0 heterocycles. The van der Waals surface area contributed by atoms with E-state index in [4.69, 9.17) is 16.0 Å². The van der Waals surface area contributed by atoms with E-state index in [0.717, 1.165) is 5.56 Å². The number of hydrazone groups is 1. The van der Waals surface area contributed by atoms with Gasteiger partial charge in [0.25, 0.3) is 8.32 Å². The summed E-state index contributed by atoms with van der Waals surface area (Å²) < 4.78 is 6.00. The SMILES string of the molecule is CN(C)N=C(O[Si](C)(C)CCl)c1ccccc1. The molecule has 0 unspecified atom stereocenters. The van der Waals surface area contributed by atoms with Gasteiger partial charge in [-0.3, -0.25) is 5.01 Å². The van der Waals surface area contributed by atoms with Crippen molar-refractivity contribution in [3.63, 3.8) is 0 Å². The minimum atomic E-state index is -1.88. The van der Waals surface area contributed by atoms with Crippen molar-refractivity contribution in [3.05, 3.63) is 35.9 Å². The van der Waals surface area contributed by atoms with Gasteiger partial charge in [-0.25, -0.2) is 0 Å². The maximum atomic E-state index is 6.00. The number of rotatable bonds is 4. The Balaban J connectivity index is 2.98. The molecule has 0 aromatic heterocycles. The second-order valence-corrected chi connectivity index (χ2v) is 9.41. The Morgan fingerprint density at radius 3 is 2.35 bits per heavy atom. The molecule has 0 aliphatic carbocycles. The van der Waals surface area contributed by atoms with E-state index in [0.29, 0.717) is 11.4 Å². The van der Waals surface area contributed by atoms with Crippen LogP contribution in [0.1, 0.15) is 5.56 Å². The van der Waals surface area contributed by atoms with E-state index in [9.17, 15) is 0 Å². The van der Waals surface area contributed by atoms with Gasteiger partial charge in [-0.05, 0) is 25.2 Å². The number of nitrogens with zero attached hydrogens (tertiary/aromatic N) is 2. The van der Waals surface area contributed by atoms with Crippen LogP contribution in [0.25, 0.3) is 0 Å². The highest BCUT2D eigenvalue weighted by atomic mass is 35.5. The average molecular weight is 271 g/mol. The van der Waals surface area contributed by atoms with Crippen LogP contribution >= 0.6 is 11.6 Å². The van der Waals surface area contributed by atoms with Gasteiger partial charge in [0.1, 0.15) is 0 Å². The Bertz CT molecular complexity index is 379. The molecule has 0 radical (unpaired) electrons. The summed E-state index contributed by atoms with van der Waals surface area (Å²) in [5, 5.41) is 6.12. The standard InChI is InChI=1S/C12H19ClN2OSi/c1-15(2)14-12(16-17(3,4)10-13)11-8-6-5-7-9-11/h5-9H,10H2,1-4H3. The highest BCUT2D eigenvalue weighted by Gasteiger charge is 2.25. The molecule has 0 aliphatic heterocycles. The molecule has 1 aromatic rings. The van der Waals surface area contributed by atoms with Crippen molar-refractivity contribution >= 4 is 25.8 Å². The van der Waals surface area contributed by atoms with E-state index in [2.05, 4.69) is 18.2 Å². The first-order valence-corrected chi connectivity index (χ1v) is 9.16. The highest BCUT2D eigenvalue weighted by molar-refractivity contribution is 6.79. The van der Waals surface area contributed by atoms with Gasteiger partial charge in [0, 0.05) is 19.7 Å². The maximum Gasteiger partial charge on any atom is 0.261 e. The smallest absolute Gasteiger partial charge is 0.261 e. The first-order chi connectivity index (χ1) is 7.94. The fourth-order valence-corrected chi connectivity index (χ4v) is 2.09. The molecule has 0 fully saturated rings. The van der Waals surface area contributed by atoms with Gasteiger partial charge >= 0.3 is 0 Å². The molecule has 1 aromatic carbocycles. The quantitative estimate of drug-likeness (QED) is 0.276. The molecule has 0 bridgehead atoms. The summed E-state index contributed by atoms with van der Waals surface area (Å²) in [5.41, 5.74) is 1.53. The molecule has 0 aliphatic rings. The van der Waals surface area contributed by atoms with Crippen molar-refractivity contribution in [2.24, 2.45) is 5.10 Å². The predicted octanol–water partition coefficient (Wildman–Crippen LogP) is 2.91. The van der Waals surface area contributed by atoms with Crippen LogP contribution in [0.2, 0.25) is 13.1 Å². The van der Waals surface area contributed by atoms with E-state index < -0.39 is 8.32 Å². The molecule has 0 spiro atoms. The molecule has 0 saturated carbocycles. The zero-order valence-corrected chi connectivity index (χ0v) is 12.5. The Morgan fingerprint density at radius 2 is 1.88 bits per heavy atom. The fourth-order valence-electron chi connectivity index (χ4n) is 1.19. The van der Waals surface area contributed by atoms with Crippen molar-refractivity contribution in [2.75, 3.05) is 19.6 Å². The Labute approximate surface area is 109 Å². The molecular formula is C12H19ClN2OSi. The summed E-state index contributed by atoms with van der Waals surface area (Å²) in [5.74, 6) is 0.646. The number of hydrogen-bond acceptors (Lipinski definition) is 3. The van der Waals surface area contributed by atoms with E-state index in [1.807, 2.05) is 44.4 Å². The molecular weight excluding hydrogens is 252 g/mol. The maximum absolute atomic E-state index is 6.00. The Hall–Kier alpha value is -1.00. The van der Waals surface area contributed by atoms with Crippen molar-refractivity contribution in [2.45, 2.75) is 13.1 Å². The molecule has 0 saturated heterocycles. The molecule has 3 nitrogen and oxygen atoms in total. The van der Waals surface area contributed by atoms with Crippen molar-refractivity contribution in [3.8, 4) is 0 Å². The fraction of sp³-hybridized carbons (Fsp3) is 0.417. The van der Waals surface area contributed by atoms with Crippen LogP contribution in [0.3, 0.4) is 0 Å². The normalized spacial score (nSPS) is 12.4. The van der Waals surface area contributed by atoms with Crippen molar-refractivity contribution in [1.82, 2.24) is 5.01 Å². The lowest BCUT2D eigenvalue weighted by atomic mass is 10.2. The summed E-state index contributed by atoms with van der Waals surface area (Å²) >= 11 is 5.93. The zero-order valence-electron chi connectivity index (χ0n) is 10.8. The monoisotopic (exact) mass is 270 g/mol. The summed E-state index contributed by atoms with van der Waals surface area (Å²) in [6, 6.07) is 9.89. The zero-order chi connectivity index (χ0) is 12.9. The van der Waals surface area contributed by atoms with E-state index in [-0.39, 0.29) is 0 Å². The first kappa shape index (κ1) is 14.1. The van der Waals surface area contributed by atoms with E-state index >= 15 is 0 Å². The number of benzene rings is 1. The average Bonchev–Trinajstić information content (AvgIpc) is 2.28. The summed E-state index contributed by atoms with van der Waals surface area (Å²) in [6.07, 6.45) is 0. The van der Waals surface area contributed by atoms with Crippen LogP contribution < -0.4 is 0 Å². The van der Waals surface area contributed by atoms with Crippen molar-refractivity contribution < 1.29 is 4.43 Å². The summed E-state index contributed by atoms with van der Waals surface area (Å²) in [4.78, 5) is 0. The van der Waals surface area contributed by atoms with Crippen molar-refractivity contribution in [1.29, 1.82) is 0 Å². The minimum Gasteiger partial charge on any atom is -0.529 e. The van der Waals surface area contributed by atoms with Crippen LogP contribution in [0.4, 0.5) is 0 Å². The third kappa shape index (κ3) is 4.79. The van der Waals surface area contributed by atoms with Crippen LogP contribution in [0.15, 0.2) is 35.4 Å². The number of halogens is 1. The van der Waals surface area contributed by atoms with Crippen LogP contribution in [-0.2, 0) is 4.43 Å². The van der Waals surface area contributed by atoms with Gasteiger partial charge in [0.2, 0.25) is 5.90 Å². The second-order valence-electron chi connectivity index (χ2n) is 4.61. The van der Waals surface area contributed by atoms with Gasteiger partial charge in [-0.2, -0.15) is 0 Å². The number of hydrogen-bond donors (Lipinski definition) is 0. The van der Waals surface area contributed by atoms with Gasteiger partial charge in [-0.1, -0.05) is 18.2 Å². The molecule has 0 N–H and O–H groups in total. The highest BCUT2D eigenvalue weighted by Crippen LogP contribution is 2.12. The summed E-state index contributed by atoms with van der Waals surface area (Å²) in [6.45, 7) is 4.16. The van der Waals surface area contributed by atoms with Gasteiger partial charge in [0.15, 0.2) is 0 Å². The van der Waals surface area contributed by atoms with Gasteiger partial charge in [0.05, 0.1) is 5.50 Å². The van der Waals surface area contributed by atoms with Crippen LogP contribution in [-0.4, -0.2) is 38.8 Å². The molecule has 0 amide bonds.